The molecule has 1 fully saturated rings. The summed E-state index contributed by atoms with van der Waals surface area (Å²) in [6.07, 6.45) is 0.780. The van der Waals surface area contributed by atoms with Crippen LogP contribution in [0.5, 0.6) is 0 Å². The van der Waals surface area contributed by atoms with Crippen LogP contribution in [0.3, 0.4) is 0 Å². The molecule has 1 aromatic rings. The number of benzene rings is 1. The number of piperidine rings is 1. The van der Waals surface area contributed by atoms with Crippen LogP contribution in [0.25, 0.3) is 0 Å². The van der Waals surface area contributed by atoms with Crippen LogP contribution in [0.4, 0.5) is 8.78 Å². The zero-order chi connectivity index (χ0) is 18.7. The molecule has 0 bridgehead atoms. The number of rotatable bonds is 7. The fraction of sp³-hybridized carbons (Fsp3) is 0.588. The van der Waals surface area contributed by atoms with E-state index in [0.29, 0.717) is 18.5 Å². The lowest BCUT2D eigenvalue weighted by atomic mass is 9.90. The number of β-amino-alcohol motifs (C(OH)–C–C–N with tert-alkyl or cyclic N) is 1. The molecular weight excluding hydrogens is 334 g/mol. The molecular formula is C17H24F2N2O4. The fourth-order valence-electron chi connectivity index (χ4n) is 2.76. The number of halogens is 2. The van der Waals surface area contributed by atoms with Crippen molar-refractivity contribution >= 4 is 5.91 Å². The highest BCUT2D eigenvalue weighted by atomic mass is 19.2. The van der Waals surface area contributed by atoms with Gasteiger partial charge in [-0.1, -0.05) is 6.07 Å². The molecule has 1 heterocycles. The van der Waals surface area contributed by atoms with E-state index in [2.05, 4.69) is 5.32 Å². The normalized spacial score (nSPS) is 21.7. The number of aliphatic hydroxyl groups is 3. The number of nitrogens with zero attached hydrogens (tertiary/aromatic N) is 1. The zero-order valence-electron chi connectivity index (χ0n) is 14.1. The van der Waals surface area contributed by atoms with E-state index in [4.69, 9.17) is 0 Å². The Morgan fingerprint density at radius 3 is 2.56 bits per heavy atom. The Balaban J connectivity index is 2.07. The highest BCUT2D eigenvalue weighted by Crippen LogP contribution is 2.25. The zero-order valence-corrected chi connectivity index (χ0v) is 14.1. The van der Waals surface area contributed by atoms with Gasteiger partial charge >= 0.3 is 0 Å². The molecule has 1 aliphatic heterocycles. The second-order valence-electron chi connectivity index (χ2n) is 6.84. The van der Waals surface area contributed by atoms with E-state index < -0.39 is 28.7 Å². The van der Waals surface area contributed by atoms with Crippen LogP contribution in [0.15, 0.2) is 18.2 Å². The summed E-state index contributed by atoms with van der Waals surface area (Å²) < 4.78 is 26.3. The van der Waals surface area contributed by atoms with E-state index in [1.165, 1.54) is 11.0 Å². The Labute approximate surface area is 145 Å². The lowest BCUT2D eigenvalue weighted by Gasteiger charge is -2.40. The van der Waals surface area contributed by atoms with Gasteiger partial charge in [0.05, 0.1) is 18.8 Å². The summed E-state index contributed by atoms with van der Waals surface area (Å²) in [5, 5.41) is 32.1. The second-order valence-corrected chi connectivity index (χ2v) is 6.84. The first-order valence-corrected chi connectivity index (χ1v) is 8.15. The standard InChI is InChI=1S/C17H24F2N2O4/c1-16(10-22,11-23)20-9-17(25)5-2-6-21(15(17)24)8-12-3-4-13(18)14(19)7-12/h3-4,7,20,22-23,25H,2,5-6,8-11H2,1H3/t17-/m1/s1. The van der Waals surface area contributed by atoms with Crippen LogP contribution in [0.1, 0.15) is 25.3 Å². The van der Waals surface area contributed by atoms with Crippen molar-refractivity contribution < 1.29 is 28.9 Å². The molecule has 1 atom stereocenters. The van der Waals surface area contributed by atoms with Crippen molar-refractivity contribution in [3.05, 3.63) is 35.4 Å². The number of carbonyl (C=O) groups is 1. The van der Waals surface area contributed by atoms with Crippen molar-refractivity contribution in [2.24, 2.45) is 0 Å². The van der Waals surface area contributed by atoms with Gasteiger partial charge in [0.15, 0.2) is 17.2 Å². The lowest BCUT2D eigenvalue weighted by molar-refractivity contribution is -0.158. The summed E-state index contributed by atoms with van der Waals surface area (Å²) in [4.78, 5) is 14.0. The quantitative estimate of drug-likeness (QED) is 0.557. The first-order valence-electron chi connectivity index (χ1n) is 8.15. The van der Waals surface area contributed by atoms with Gasteiger partial charge in [-0.15, -0.1) is 0 Å². The Morgan fingerprint density at radius 1 is 1.28 bits per heavy atom. The molecule has 0 aliphatic carbocycles. The van der Waals surface area contributed by atoms with Gasteiger partial charge in [0.1, 0.15) is 0 Å². The summed E-state index contributed by atoms with van der Waals surface area (Å²) in [5.41, 5.74) is -2.26. The molecule has 2 rings (SSSR count). The van der Waals surface area contributed by atoms with Gasteiger partial charge in [0, 0.05) is 19.6 Å². The summed E-state index contributed by atoms with van der Waals surface area (Å²) in [5.74, 6) is -2.46. The molecule has 0 saturated carbocycles. The maximum absolute atomic E-state index is 13.3. The van der Waals surface area contributed by atoms with Gasteiger partial charge in [0.2, 0.25) is 0 Å². The van der Waals surface area contributed by atoms with Gasteiger partial charge in [-0.2, -0.15) is 0 Å². The smallest absolute Gasteiger partial charge is 0.256 e. The Bertz CT molecular complexity index is 625. The third-order valence-electron chi connectivity index (χ3n) is 4.57. The molecule has 1 amide bonds. The molecule has 1 aromatic carbocycles. The molecule has 25 heavy (non-hydrogen) atoms. The molecule has 0 spiro atoms. The van der Waals surface area contributed by atoms with Crippen LogP contribution >= 0.6 is 0 Å². The number of nitrogens with one attached hydrogen (secondary N) is 1. The minimum absolute atomic E-state index is 0.0651. The van der Waals surface area contributed by atoms with Gasteiger partial charge < -0.3 is 25.5 Å². The van der Waals surface area contributed by atoms with Gasteiger partial charge in [-0.05, 0) is 37.5 Å². The number of hydrogen-bond donors (Lipinski definition) is 4. The summed E-state index contributed by atoms with van der Waals surface area (Å²) in [7, 11) is 0. The minimum atomic E-state index is -1.68. The first kappa shape index (κ1) is 19.7. The van der Waals surface area contributed by atoms with Crippen molar-refractivity contribution in [1.29, 1.82) is 0 Å². The van der Waals surface area contributed by atoms with E-state index in [-0.39, 0.29) is 32.7 Å². The lowest BCUT2D eigenvalue weighted by Crippen LogP contribution is -2.61. The average molecular weight is 358 g/mol. The molecule has 0 aromatic heterocycles. The van der Waals surface area contributed by atoms with E-state index in [9.17, 15) is 28.9 Å². The van der Waals surface area contributed by atoms with Gasteiger partial charge in [-0.3, -0.25) is 4.79 Å². The monoisotopic (exact) mass is 358 g/mol. The molecule has 6 nitrogen and oxygen atoms in total. The number of carbonyl (C=O) groups excluding carboxylic acids is 1. The second kappa shape index (κ2) is 7.74. The average Bonchev–Trinajstić information content (AvgIpc) is 2.60. The number of hydrogen-bond acceptors (Lipinski definition) is 5. The SMILES string of the molecule is CC(CO)(CO)NC[C@]1(O)CCCN(Cc2ccc(F)c(F)c2)C1=O. The van der Waals surface area contributed by atoms with Crippen LogP contribution in [0.2, 0.25) is 0 Å². The predicted octanol–water partition coefficient (Wildman–Crippen LogP) is 0.151. The molecule has 4 N–H and O–H groups in total. The predicted molar refractivity (Wildman–Crippen MR) is 86.5 cm³/mol. The van der Waals surface area contributed by atoms with E-state index in [1.54, 1.807) is 6.92 Å². The largest absolute Gasteiger partial charge is 0.394 e. The van der Waals surface area contributed by atoms with Crippen LogP contribution in [-0.4, -0.2) is 63.6 Å². The number of likely N-dealkylation sites (tertiary alicyclic amines) is 1. The van der Waals surface area contributed by atoms with Gasteiger partial charge in [0.25, 0.3) is 5.91 Å². The van der Waals surface area contributed by atoms with Crippen molar-refractivity contribution in [3.63, 3.8) is 0 Å². The molecule has 8 heteroatoms. The highest BCUT2D eigenvalue weighted by Gasteiger charge is 2.43. The molecule has 0 unspecified atom stereocenters. The Kier molecular flexibility index (Phi) is 6.10. The van der Waals surface area contributed by atoms with Crippen LogP contribution < -0.4 is 5.32 Å². The summed E-state index contributed by atoms with van der Waals surface area (Å²) in [6, 6.07) is 3.43. The Morgan fingerprint density at radius 2 is 1.96 bits per heavy atom. The topological polar surface area (TPSA) is 93.0 Å². The van der Waals surface area contributed by atoms with Crippen LogP contribution in [-0.2, 0) is 11.3 Å². The van der Waals surface area contributed by atoms with Gasteiger partial charge in [-0.25, -0.2) is 8.78 Å². The highest BCUT2D eigenvalue weighted by molar-refractivity contribution is 5.86. The number of aliphatic hydroxyl groups excluding tert-OH is 2. The molecule has 140 valence electrons. The summed E-state index contributed by atoms with van der Waals surface area (Å²) in [6.45, 7) is 1.20. The third kappa shape index (κ3) is 4.52. The van der Waals surface area contributed by atoms with Crippen LogP contribution in [0, 0.1) is 11.6 Å². The first-order chi connectivity index (χ1) is 11.7. The molecule has 1 saturated heterocycles. The minimum Gasteiger partial charge on any atom is -0.394 e. The van der Waals surface area contributed by atoms with Crippen molar-refractivity contribution in [3.8, 4) is 0 Å². The molecule has 0 radical (unpaired) electrons. The fourth-order valence-corrected chi connectivity index (χ4v) is 2.76. The third-order valence-corrected chi connectivity index (χ3v) is 4.57. The summed E-state index contributed by atoms with van der Waals surface area (Å²) >= 11 is 0. The van der Waals surface area contributed by atoms with E-state index in [1.807, 2.05) is 0 Å². The van der Waals surface area contributed by atoms with Crippen molar-refractivity contribution in [2.45, 2.75) is 37.5 Å². The van der Waals surface area contributed by atoms with E-state index in [0.717, 1.165) is 12.1 Å². The van der Waals surface area contributed by atoms with E-state index >= 15 is 0 Å². The number of amides is 1. The van der Waals surface area contributed by atoms with Crippen molar-refractivity contribution in [1.82, 2.24) is 10.2 Å². The Hall–Kier alpha value is -1.61. The van der Waals surface area contributed by atoms with Crippen molar-refractivity contribution in [2.75, 3.05) is 26.3 Å². The molecule has 1 aliphatic rings. The maximum Gasteiger partial charge on any atom is 0.256 e. The maximum atomic E-state index is 13.3.